The van der Waals surface area contributed by atoms with Gasteiger partial charge in [0, 0.05) is 32.9 Å². The Balaban J connectivity index is 1.28. The van der Waals surface area contributed by atoms with E-state index in [1.54, 1.807) is 0 Å². The number of aryl methyl sites for hydroxylation is 6. The van der Waals surface area contributed by atoms with Gasteiger partial charge in [0.15, 0.2) is 0 Å². The summed E-state index contributed by atoms with van der Waals surface area (Å²) < 4.78 is 4.87. The maximum atomic E-state index is 2.46. The zero-order valence-electron chi connectivity index (χ0n) is 30.3. The van der Waals surface area contributed by atoms with E-state index in [2.05, 4.69) is 190 Å². The Labute approximate surface area is 300 Å². The fraction of sp³-hybridized carbons (Fsp3) is 0.125. The fourth-order valence-corrected chi connectivity index (χ4v) is 9.24. The highest BCUT2D eigenvalue weighted by Crippen LogP contribution is 2.42. The minimum absolute atomic E-state index is 0.141. The first-order valence-electron chi connectivity index (χ1n) is 18.1. The summed E-state index contributed by atoms with van der Waals surface area (Å²) in [4.78, 5) is 0. The number of para-hydroxylation sites is 3. The third kappa shape index (κ3) is 4.87. The molecule has 51 heavy (non-hydrogen) atoms. The first kappa shape index (κ1) is 31.2. The second-order valence-corrected chi connectivity index (χ2v) is 14.5. The van der Waals surface area contributed by atoms with Crippen molar-refractivity contribution in [3.05, 3.63) is 173 Å². The lowest BCUT2D eigenvalue weighted by Gasteiger charge is -2.25. The van der Waals surface area contributed by atoms with E-state index in [1.807, 2.05) is 0 Å². The number of aromatic nitrogens is 2. The van der Waals surface area contributed by atoms with Gasteiger partial charge >= 0.3 is 0 Å². The molecule has 0 amide bonds. The molecule has 0 aliphatic carbocycles. The van der Waals surface area contributed by atoms with Crippen LogP contribution in [0.3, 0.4) is 0 Å². The molecule has 0 saturated heterocycles. The van der Waals surface area contributed by atoms with E-state index in [9.17, 15) is 0 Å². The highest BCUT2D eigenvalue weighted by Gasteiger charge is 2.29. The van der Waals surface area contributed by atoms with E-state index >= 15 is 0 Å². The van der Waals surface area contributed by atoms with E-state index in [0.717, 1.165) is 0 Å². The van der Waals surface area contributed by atoms with Crippen LogP contribution >= 0.6 is 0 Å². The summed E-state index contributed by atoms with van der Waals surface area (Å²) in [6.07, 6.45) is 0. The smallest absolute Gasteiger partial charge is 0.242 e. The lowest BCUT2D eigenvalue weighted by atomic mass is 9.34. The molecule has 0 bridgehead atoms. The lowest BCUT2D eigenvalue weighted by molar-refractivity contribution is 1.17. The second-order valence-electron chi connectivity index (χ2n) is 14.5. The van der Waals surface area contributed by atoms with Crippen LogP contribution in [0.4, 0.5) is 0 Å². The van der Waals surface area contributed by atoms with E-state index in [1.165, 1.54) is 105 Å². The van der Waals surface area contributed by atoms with Crippen molar-refractivity contribution in [1.82, 2.24) is 9.13 Å². The summed E-state index contributed by atoms with van der Waals surface area (Å²) in [5.41, 5.74) is 19.4. The molecule has 0 aliphatic heterocycles. The Morgan fingerprint density at radius 1 is 0.373 bits per heavy atom. The van der Waals surface area contributed by atoms with Crippen LogP contribution in [0.25, 0.3) is 55.0 Å². The molecular weight excluding hydrogens is 615 g/mol. The summed E-state index contributed by atoms with van der Waals surface area (Å²) in [6.45, 7) is 13.7. The van der Waals surface area contributed by atoms with E-state index in [4.69, 9.17) is 0 Å². The van der Waals surface area contributed by atoms with Crippen LogP contribution in [-0.4, -0.2) is 15.8 Å². The highest BCUT2D eigenvalue weighted by molar-refractivity contribution is 6.96. The predicted octanol–water partition coefficient (Wildman–Crippen LogP) is 10.2. The summed E-state index contributed by atoms with van der Waals surface area (Å²) in [5.74, 6) is 0. The van der Waals surface area contributed by atoms with Crippen molar-refractivity contribution in [2.45, 2.75) is 41.5 Å². The minimum Gasteiger partial charge on any atom is -0.309 e. The van der Waals surface area contributed by atoms with Gasteiger partial charge in [-0.05, 0) is 90.1 Å². The number of hydrogen-bond acceptors (Lipinski definition) is 0. The maximum Gasteiger partial charge on any atom is 0.242 e. The number of rotatable bonds is 5. The Morgan fingerprint density at radius 2 is 0.765 bits per heavy atom. The van der Waals surface area contributed by atoms with Crippen LogP contribution in [-0.2, 0) is 0 Å². The number of fused-ring (bicyclic) bond motifs is 7. The fourth-order valence-electron chi connectivity index (χ4n) is 9.24. The van der Waals surface area contributed by atoms with E-state index < -0.39 is 0 Å². The standard InChI is InChI=1S/C48H41BN2/c1-30-26-32(3)47(33(4)27-30)49(48-34(5)28-31(2)29-35(48)6)36-20-22-38(23-21-36)51-42-19-13-11-17-40(42)46-44(51)25-24-43-45(46)39-16-10-12-18-41(39)50(43)37-14-8-7-9-15-37/h7-29H,1-6H3. The van der Waals surface area contributed by atoms with Gasteiger partial charge in [-0.25, -0.2) is 0 Å². The topological polar surface area (TPSA) is 9.86 Å². The number of hydrogen-bond donors (Lipinski definition) is 0. The molecule has 0 N–H and O–H groups in total. The van der Waals surface area contributed by atoms with E-state index in [-0.39, 0.29) is 6.71 Å². The van der Waals surface area contributed by atoms with Gasteiger partial charge < -0.3 is 9.13 Å². The van der Waals surface area contributed by atoms with Crippen LogP contribution in [0.15, 0.2) is 140 Å². The molecular formula is C48H41BN2. The molecule has 7 aromatic carbocycles. The lowest BCUT2D eigenvalue weighted by Crippen LogP contribution is -2.55. The van der Waals surface area contributed by atoms with Gasteiger partial charge in [-0.2, -0.15) is 0 Å². The van der Waals surface area contributed by atoms with Crippen molar-refractivity contribution in [2.24, 2.45) is 0 Å². The van der Waals surface area contributed by atoms with Crippen molar-refractivity contribution in [2.75, 3.05) is 0 Å². The van der Waals surface area contributed by atoms with Crippen molar-refractivity contribution in [1.29, 1.82) is 0 Å². The summed E-state index contributed by atoms with van der Waals surface area (Å²) in [6, 6.07) is 51.9. The Morgan fingerprint density at radius 3 is 1.22 bits per heavy atom. The molecule has 2 nitrogen and oxygen atoms in total. The first-order chi connectivity index (χ1) is 24.8. The van der Waals surface area contributed by atoms with Crippen LogP contribution in [0.5, 0.6) is 0 Å². The molecule has 0 aliphatic rings. The van der Waals surface area contributed by atoms with Gasteiger partial charge in [-0.3, -0.25) is 0 Å². The molecule has 246 valence electrons. The van der Waals surface area contributed by atoms with E-state index in [0.29, 0.717) is 0 Å². The Kier molecular flexibility index (Phi) is 7.29. The SMILES string of the molecule is Cc1cc(C)c(B(c2ccc(-n3c4ccccc4c4c5c6ccccc6n(-c6ccccc6)c5ccc43)cc2)c2c(C)cc(C)cc2C)c(C)c1. The zero-order chi connectivity index (χ0) is 35.0. The number of benzene rings is 7. The molecule has 0 spiro atoms. The van der Waals surface area contributed by atoms with Crippen LogP contribution in [0.1, 0.15) is 33.4 Å². The Hall–Kier alpha value is -5.80. The van der Waals surface area contributed by atoms with Crippen LogP contribution in [0.2, 0.25) is 0 Å². The van der Waals surface area contributed by atoms with Crippen molar-refractivity contribution in [3.8, 4) is 11.4 Å². The van der Waals surface area contributed by atoms with Crippen molar-refractivity contribution < 1.29 is 0 Å². The predicted molar refractivity (Wildman–Crippen MR) is 221 cm³/mol. The molecule has 0 atom stereocenters. The highest BCUT2D eigenvalue weighted by atomic mass is 15.0. The quantitative estimate of drug-likeness (QED) is 0.163. The largest absolute Gasteiger partial charge is 0.309 e. The Bertz CT molecular complexity index is 2700. The maximum absolute atomic E-state index is 2.46. The molecule has 0 radical (unpaired) electrons. The zero-order valence-corrected chi connectivity index (χ0v) is 30.3. The molecule has 0 unspecified atom stereocenters. The molecule has 9 aromatic rings. The summed E-state index contributed by atoms with van der Waals surface area (Å²) in [5, 5.41) is 5.14. The van der Waals surface area contributed by atoms with Gasteiger partial charge in [-0.15, -0.1) is 0 Å². The normalized spacial score (nSPS) is 11.7. The van der Waals surface area contributed by atoms with Gasteiger partial charge in [0.05, 0.1) is 22.1 Å². The molecule has 2 aromatic heterocycles. The monoisotopic (exact) mass is 656 g/mol. The third-order valence-corrected chi connectivity index (χ3v) is 11.0. The molecule has 0 saturated carbocycles. The van der Waals surface area contributed by atoms with Gasteiger partial charge in [0.2, 0.25) is 6.71 Å². The van der Waals surface area contributed by atoms with Gasteiger partial charge in [-0.1, -0.05) is 141 Å². The second kappa shape index (κ2) is 11.9. The molecule has 2 heterocycles. The minimum atomic E-state index is 0.141. The van der Waals surface area contributed by atoms with Gasteiger partial charge in [0.1, 0.15) is 0 Å². The summed E-state index contributed by atoms with van der Waals surface area (Å²) in [7, 11) is 0. The average Bonchev–Trinajstić information content (AvgIpc) is 3.63. The molecule has 9 rings (SSSR count). The third-order valence-electron chi connectivity index (χ3n) is 11.0. The molecule has 3 heteroatoms. The average molecular weight is 657 g/mol. The van der Waals surface area contributed by atoms with Crippen LogP contribution in [0, 0.1) is 41.5 Å². The summed E-state index contributed by atoms with van der Waals surface area (Å²) >= 11 is 0. The molecule has 0 fully saturated rings. The number of nitrogens with zero attached hydrogens (tertiary/aromatic N) is 2. The van der Waals surface area contributed by atoms with Crippen molar-refractivity contribution in [3.63, 3.8) is 0 Å². The van der Waals surface area contributed by atoms with Gasteiger partial charge in [0.25, 0.3) is 0 Å². The van der Waals surface area contributed by atoms with Crippen LogP contribution < -0.4 is 16.4 Å². The first-order valence-corrected chi connectivity index (χ1v) is 18.1. The van der Waals surface area contributed by atoms with Crippen molar-refractivity contribution >= 4 is 66.7 Å².